The van der Waals surface area contributed by atoms with E-state index in [4.69, 9.17) is 14.5 Å². The van der Waals surface area contributed by atoms with Crippen molar-refractivity contribution in [1.82, 2.24) is 0 Å². The highest BCUT2D eigenvalue weighted by Gasteiger charge is 2.70. The van der Waals surface area contributed by atoms with E-state index >= 15 is 0 Å². The van der Waals surface area contributed by atoms with E-state index in [9.17, 15) is 24.2 Å². The Labute approximate surface area is 127 Å². The number of ether oxygens (including phenoxy) is 1. The Kier molecular flexibility index (Phi) is 4.88. The Morgan fingerprint density at radius 3 is 1.73 bits per heavy atom. The van der Waals surface area contributed by atoms with Crippen molar-refractivity contribution >= 4 is 15.6 Å². The Hall–Kier alpha value is 0.140. The molecule has 12 heteroatoms. The first-order valence-electron chi connectivity index (χ1n) is 6.26. The lowest BCUT2D eigenvalue weighted by molar-refractivity contribution is -0.160. The highest BCUT2D eigenvalue weighted by molar-refractivity contribution is 7.60. The third-order valence-electron chi connectivity index (χ3n) is 4.34. The number of rotatable bonds is 5. The van der Waals surface area contributed by atoms with E-state index in [0.29, 0.717) is 0 Å². The van der Waals surface area contributed by atoms with Crippen LogP contribution in [0.3, 0.4) is 0 Å². The second-order valence-electron chi connectivity index (χ2n) is 6.30. The van der Waals surface area contributed by atoms with Crippen molar-refractivity contribution in [3.8, 4) is 0 Å². The van der Waals surface area contributed by atoms with Crippen LogP contribution in [0.4, 0.5) is 0 Å². The quantitative estimate of drug-likeness (QED) is 0.428. The van der Waals surface area contributed by atoms with Gasteiger partial charge < -0.3 is 29.6 Å². The highest BCUT2D eigenvalue weighted by atomic mass is 31.3. The maximum atomic E-state index is 11.5. The fraction of sp³-hybridized carbons (Fsp3) is 1.00. The van der Waals surface area contributed by atoms with Gasteiger partial charge in [0.25, 0.3) is 0 Å². The van der Waals surface area contributed by atoms with Crippen LogP contribution in [-0.4, -0.2) is 53.9 Å². The van der Waals surface area contributed by atoms with Crippen molar-refractivity contribution in [2.24, 2.45) is 0 Å². The standard InChI is InChI=1S/C10H22O10P2/c1-7(2)9(4,11)10(5,12)8(3,19-7)6-18-22(16,17)20-21(13,14)15/h11-12H,6H2,1-5H3,(H,16,17)(H2,13,14,15)/t8-,9-,10?/m1/s1. The summed E-state index contributed by atoms with van der Waals surface area (Å²) >= 11 is 0. The Morgan fingerprint density at radius 1 is 0.955 bits per heavy atom. The molecule has 1 fully saturated rings. The molecule has 0 amide bonds. The molecule has 132 valence electrons. The molecule has 22 heavy (non-hydrogen) atoms. The number of hydrogen-bond acceptors (Lipinski definition) is 7. The van der Waals surface area contributed by atoms with Gasteiger partial charge in [-0.25, -0.2) is 9.13 Å². The molecule has 1 aliphatic rings. The van der Waals surface area contributed by atoms with Crippen LogP contribution in [0.15, 0.2) is 0 Å². The molecule has 2 unspecified atom stereocenters. The molecule has 0 aliphatic carbocycles. The molecule has 10 nitrogen and oxygen atoms in total. The molecule has 0 saturated carbocycles. The van der Waals surface area contributed by atoms with Crippen LogP contribution in [0, 0.1) is 0 Å². The minimum absolute atomic E-state index is 0.757. The van der Waals surface area contributed by atoms with E-state index in [1.54, 1.807) is 0 Å². The molecule has 5 N–H and O–H groups in total. The van der Waals surface area contributed by atoms with Gasteiger partial charge in [-0.15, -0.1) is 0 Å². The van der Waals surface area contributed by atoms with Gasteiger partial charge in [-0.1, -0.05) is 0 Å². The number of hydrogen-bond donors (Lipinski definition) is 5. The molecule has 1 saturated heterocycles. The molecule has 0 radical (unpaired) electrons. The molecule has 0 bridgehead atoms. The Bertz CT molecular complexity index is 536. The van der Waals surface area contributed by atoms with Crippen molar-refractivity contribution in [3.63, 3.8) is 0 Å². The van der Waals surface area contributed by atoms with Gasteiger partial charge in [-0.2, -0.15) is 4.31 Å². The third-order valence-corrected chi connectivity index (χ3v) is 6.47. The van der Waals surface area contributed by atoms with Gasteiger partial charge in [0.15, 0.2) is 0 Å². The van der Waals surface area contributed by atoms with E-state index in [1.165, 1.54) is 34.6 Å². The normalized spacial score (nSPS) is 41.4. The SMILES string of the molecule is CC1(C)O[C@](C)(COP(=O)(O)OP(=O)(O)O)C(C)(O)[C@]1(C)O. The molecule has 0 aromatic rings. The topological polar surface area (TPSA) is 163 Å². The summed E-state index contributed by atoms with van der Waals surface area (Å²) in [5.74, 6) is 0. The summed E-state index contributed by atoms with van der Waals surface area (Å²) in [4.78, 5) is 26.3. The summed E-state index contributed by atoms with van der Waals surface area (Å²) in [6.07, 6.45) is 0. The van der Waals surface area contributed by atoms with Crippen LogP contribution in [0.1, 0.15) is 34.6 Å². The summed E-state index contributed by atoms with van der Waals surface area (Å²) in [5, 5.41) is 21.1. The Balaban J connectivity index is 2.99. The van der Waals surface area contributed by atoms with Crippen LogP contribution in [0.25, 0.3) is 0 Å². The Morgan fingerprint density at radius 2 is 1.41 bits per heavy atom. The van der Waals surface area contributed by atoms with E-state index in [2.05, 4.69) is 8.83 Å². The first kappa shape index (κ1) is 20.2. The molecule has 0 aromatic carbocycles. The van der Waals surface area contributed by atoms with Crippen molar-refractivity contribution in [3.05, 3.63) is 0 Å². The summed E-state index contributed by atoms with van der Waals surface area (Å²) in [7, 11) is -10.3. The number of phosphoric acid groups is 2. The smallest absolute Gasteiger partial charge is 0.384 e. The minimum Gasteiger partial charge on any atom is -0.384 e. The predicted molar refractivity (Wildman–Crippen MR) is 73.7 cm³/mol. The summed E-state index contributed by atoms with van der Waals surface area (Å²) in [6, 6.07) is 0. The lowest BCUT2D eigenvalue weighted by Gasteiger charge is -2.41. The van der Waals surface area contributed by atoms with Crippen LogP contribution >= 0.6 is 15.6 Å². The molecule has 0 spiro atoms. The van der Waals surface area contributed by atoms with Crippen LogP contribution in [0.2, 0.25) is 0 Å². The minimum atomic E-state index is -5.24. The van der Waals surface area contributed by atoms with Gasteiger partial charge in [0.1, 0.15) is 16.8 Å². The summed E-state index contributed by atoms with van der Waals surface area (Å²) in [5.41, 5.74) is -6.50. The number of phosphoric ester groups is 1. The van der Waals surface area contributed by atoms with Crippen LogP contribution in [-0.2, 0) is 22.7 Å². The van der Waals surface area contributed by atoms with Gasteiger partial charge in [0.2, 0.25) is 0 Å². The maximum absolute atomic E-state index is 11.5. The average Bonchev–Trinajstić information content (AvgIpc) is 2.30. The molecular formula is C10H22O10P2. The zero-order valence-electron chi connectivity index (χ0n) is 12.9. The third kappa shape index (κ3) is 3.47. The predicted octanol–water partition coefficient (Wildman–Crippen LogP) is 0.282. The van der Waals surface area contributed by atoms with Crippen LogP contribution < -0.4 is 0 Å². The lowest BCUT2D eigenvalue weighted by Crippen LogP contribution is -2.62. The maximum Gasteiger partial charge on any atom is 0.481 e. The van der Waals surface area contributed by atoms with Gasteiger partial charge in [0, 0.05) is 0 Å². The zero-order valence-corrected chi connectivity index (χ0v) is 14.7. The van der Waals surface area contributed by atoms with Gasteiger partial charge in [-0.3, -0.25) is 4.52 Å². The molecule has 1 heterocycles. The molecule has 4 atom stereocenters. The first-order valence-corrected chi connectivity index (χ1v) is 9.29. The van der Waals surface area contributed by atoms with E-state index in [0.717, 1.165) is 0 Å². The van der Waals surface area contributed by atoms with Crippen molar-refractivity contribution < 1.29 is 47.6 Å². The molecule has 1 aliphatic heterocycles. The van der Waals surface area contributed by atoms with Crippen molar-refractivity contribution in [2.45, 2.75) is 57.0 Å². The van der Waals surface area contributed by atoms with Gasteiger partial charge in [-0.05, 0) is 34.6 Å². The van der Waals surface area contributed by atoms with Crippen LogP contribution in [0.5, 0.6) is 0 Å². The lowest BCUT2D eigenvalue weighted by atomic mass is 9.71. The second-order valence-corrected chi connectivity index (χ2v) is 9.13. The molecule has 1 rings (SSSR count). The number of aliphatic hydroxyl groups is 2. The first-order chi connectivity index (χ1) is 9.37. The fourth-order valence-corrected chi connectivity index (χ4v) is 4.07. The largest absolute Gasteiger partial charge is 0.481 e. The van der Waals surface area contributed by atoms with E-state index in [1.807, 2.05) is 0 Å². The van der Waals surface area contributed by atoms with Gasteiger partial charge in [0.05, 0.1) is 12.2 Å². The summed E-state index contributed by atoms with van der Waals surface area (Å²) in [6.45, 7) is 6.19. The van der Waals surface area contributed by atoms with Gasteiger partial charge >= 0.3 is 15.6 Å². The van der Waals surface area contributed by atoms with Crippen molar-refractivity contribution in [1.29, 1.82) is 0 Å². The van der Waals surface area contributed by atoms with E-state index < -0.39 is 44.7 Å². The molecule has 0 aromatic heterocycles. The monoisotopic (exact) mass is 364 g/mol. The molecular weight excluding hydrogens is 342 g/mol. The fourth-order valence-electron chi connectivity index (χ4n) is 2.40. The second kappa shape index (κ2) is 5.32. The van der Waals surface area contributed by atoms with Crippen molar-refractivity contribution in [2.75, 3.05) is 6.61 Å². The summed E-state index contributed by atoms with van der Waals surface area (Å²) < 4.78 is 35.8. The van der Waals surface area contributed by atoms with E-state index in [-0.39, 0.29) is 0 Å². The highest BCUT2D eigenvalue weighted by Crippen LogP contribution is 2.59. The zero-order chi connectivity index (χ0) is 17.8. The average molecular weight is 364 g/mol.